The van der Waals surface area contributed by atoms with Crippen LogP contribution in [0, 0.1) is 0 Å². The van der Waals surface area contributed by atoms with Gasteiger partial charge >= 0.3 is 0 Å². The molecule has 100 valence electrons. The van der Waals surface area contributed by atoms with Crippen LogP contribution in [0.2, 0.25) is 0 Å². The van der Waals surface area contributed by atoms with Crippen LogP contribution in [0.3, 0.4) is 0 Å². The smallest absolute Gasteiger partial charge is 0.0906 e. The predicted octanol–water partition coefficient (Wildman–Crippen LogP) is 2.56. The van der Waals surface area contributed by atoms with Crippen LogP contribution in [0.4, 0.5) is 4.39 Å². The summed E-state index contributed by atoms with van der Waals surface area (Å²) >= 11 is 0. The predicted molar refractivity (Wildman–Crippen MR) is 73.4 cm³/mol. The van der Waals surface area contributed by atoms with Crippen LogP contribution in [0.15, 0.2) is 30.3 Å². The molecule has 1 heterocycles. The Bertz CT molecular complexity index is 368. The zero-order valence-electron chi connectivity index (χ0n) is 11.3. The summed E-state index contributed by atoms with van der Waals surface area (Å²) in [5.41, 5.74) is 1.28. The number of hydrogen-bond acceptors (Lipinski definition) is 2. The van der Waals surface area contributed by atoms with Crippen molar-refractivity contribution < 1.29 is 4.39 Å². The van der Waals surface area contributed by atoms with E-state index < -0.39 is 0 Å². The molecule has 2 nitrogen and oxygen atoms in total. The molecule has 0 saturated carbocycles. The molecule has 3 heteroatoms. The standard InChI is InChI=1S/C15H23FN2/c1-13-11-17-15(2,12-18(13)10-6-9-16)14-7-4-3-5-8-14/h3-5,7-8,13,17H,6,9-12H2,1-2H3. The third-order valence-corrected chi connectivity index (χ3v) is 3.92. The molecule has 0 aliphatic carbocycles. The molecule has 2 unspecified atom stereocenters. The molecule has 0 bridgehead atoms. The third-order valence-electron chi connectivity index (χ3n) is 3.92. The van der Waals surface area contributed by atoms with Crippen LogP contribution in [0.25, 0.3) is 0 Å². The highest BCUT2D eigenvalue weighted by Gasteiger charge is 2.34. The van der Waals surface area contributed by atoms with E-state index in [1.165, 1.54) is 5.56 Å². The Hall–Kier alpha value is -0.930. The van der Waals surface area contributed by atoms with Gasteiger partial charge < -0.3 is 5.32 Å². The van der Waals surface area contributed by atoms with Gasteiger partial charge in [-0.15, -0.1) is 0 Å². The van der Waals surface area contributed by atoms with Gasteiger partial charge in [0, 0.05) is 25.7 Å². The fraction of sp³-hybridized carbons (Fsp3) is 0.600. The SMILES string of the molecule is CC1CNC(C)(c2ccccc2)CN1CCCF. The van der Waals surface area contributed by atoms with Gasteiger partial charge in [-0.25, -0.2) is 0 Å². The summed E-state index contributed by atoms with van der Waals surface area (Å²) in [6.45, 7) is 6.96. The van der Waals surface area contributed by atoms with Crippen molar-refractivity contribution in [2.45, 2.75) is 31.8 Å². The summed E-state index contributed by atoms with van der Waals surface area (Å²) in [6.07, 6.45) is 0.634. The first-order valence-corrected chi connectivity index (χ1v) is 6.76. The van der Waals surface area contributed by atoms with E-state index in [-0.39, 0.29) is 12.2 Å². The molecule has 2 atom stereocenters. The minimum absolute atomic E-state index is 0.0237. The summed E-state index contributed by atoms with van der Waals surface area (Å²) in [5.74, 6) is 0. The van der Waals surface area contributed by atoms with Crippen molar-refractivity contribution in [1.29, 1.82) is 0 Å². The quantitative estimate of drug-likeness (QED) is 0.883. The van der Waals surface area contributed by atoms with E-state index in [9.17, 15) is 4.39 Å². The normalized spacial score (nSPS) is 29.4. The average Bonchev–Trinajstić information content (AvgIpc) is 2.41. The van der Waals surface area contributed by atoms with Crippen molar-refractivity contribution in [3.05, 3.63) is 35.9 Å². The van der Waals surface area contributed by atoms with Crippen molar-refractivity contribution in [1.82, 2.24) is 10.2 Å². The molecule has 0 aromatic heterocycles. The lowest BCUT2D eigenvalue weighted by Gasteiger charge is -2.45. The van der Waals surface area contributed by atoms with Crippen LogP contribution >= 0.6 is 0 Å². The van der Waals surface area contributed by atoms with Gasteiger partial charge in [0.1, 0.15) is 0 Å². The van der Waals surface area contributed by atoms with Gasteiger partial charge in [-0.1, -0.05) is 30.3 Å². The van der Waals surface area contributed by atoms with Gasteiger partial charge in [-0.3, -0.25) is 9.29 Å². The maximum atomic E-state index is 12.3. The van der Waals surface area contributed by atoms with E-state index in [0.717, 1.165) is 19.6 Å². The van der Waals surface area contributed by atoms with E-state index in [1.807, 2.05) is 6.07 Å². The summed E-state index contributed by atoms with van der Waals surface area (Å²) < 4.78 is 12.3. The van der Waals surface area contributed by atoms with Crippen molar-refractivity contribution in [2.75, 3.05) is 26.3 Å². The van der Waals surface area contributed by atoms with Gasteiger partial charge in [0.15, 0.2) is 0 Å². The van der Waals surface area contributed by atoms with Crippen LogP contribution in [-0.4, -0.2) is 37.3 Å². The van der Waals surface area contributed by atoms with Crippen molar-refractivity contribution >= 4 is 0 Å². The van der Waals surface area contributed by atoms with Gasteiger partial charge in [0.25, 0.3) is 0 Å². The van der Waals surface area contributed by atoms with Crippen LogP contribution in [0.5, 0.6) is 0 Å². The molecule has 1 aromatic carbocycles. The minimum Gasteiger partial charge on any atom is -0.305 e. The number of piperazine rings is 1. The highest BCUT2D eigenvalue weighted by Crippen LogP contribution is 2.26. The molecular formula is C15H23FN2. The molecule has 1 saturated heterocycles. The molecule has 1 aromatic rings. The van der Waals surface area contributed by atoms with Gasteiger partial charge in [0.2, 0.25) is 0 Å². The second kappa shape index (κ2) is 5.81. The lowest BCUT2D eigenvalue weighted by atomic mass is 9.88. The van der Waals surface area contributed by atoms with Crippen LogP contribution < -0.4 is 5.32 Å². The highest BCUT2D eigenvalue weighted by atomic mass is 19.1. The van der Waals surface area contributed by atoms with Gasteiger partial charge in [0.05, 0.1) is 12.2 Å². The number of hydrogen-bond donors (Lipinski definition) is 1. The molecule has 0 amide bonds. The highest BCUT2D eigenvalue weighted by molar-refractivity contribution is 5.25. The van der Waals surface area contributed by atoms with E-state index >= 15 is 0 Å². The van der Waals surface area contributed by atoms with Crippen LogP contribution in [-0.2, 0) is 5.54 Å². The van der Waals surface area contributed by atoms with Crippen molar-refractivity contribution in [3.63, 3.8) is 0 Å². The Morgan fingerprint density at radius 1 is 1.39 bits per heavy atom. The molecule has 1 N–H and O–H groups in total. The molecule has 1 aliphatic heterocycles. The maximum absolute atomic E-state index is 12.3. The van der Waals surface area contributed by atoms with Gasteiger partial charge in [-0.05, 0) is 25.8 Å². The topological polar surface area (TPSA) is 15.3 Å². The first-order chi connectivity index (χ1) is 8.65. The number of nitrogens with zero attached hydrogens (tertiary/aromatic N) is 1. The summed E-state index contributed by atoms with van der Waals surface area (Å²) in [5, 5.41) is 3.63. The lowest BCUT2D eigenvalue weighted by Crippen LogP contribution is -2.60. The molecular weight excluding hydrogens is 227 g/mol. The van der Waals surface area contributed by atoms with Crippen LogP contribution in [0.1, 0.15) is 25.8 Å². The number of alkyl halides is 1. The number of halogens is 1. The zero-order chi connectivity index (χ0) is 13.0. The summed E-state index contributed by atoms with van der Waals surface area (Å²) in [6, 6.07) is 11.0. The lowest BCUT2D eigenvalue weighted by molar-refractivity contribution is 0.0914. The first kappa shape index (κ1) is 13.5. The largest absolute Gasteiger partial charge is 0.305 e. The number of rotatable bonds is 4. The Kier molecular flexibility index (Phi) is 4.36. The third kappa shape index (κ3) is 2.90. The summed E-state index contributed by atoms with van der Waals surface area (Å²) in [4.78, 5) is 2.39. The fourth-order valence-electron chi connectivity index (χ4n) is 2.68. The van der Waals surface area contributed by atoms with E-state index in [2.05, 4.69) is 48.3 Å². The van der Waals surface area contributed by atoms with E-state index in [0.29, 0.717) is 12.5 Å². The minimum atomic E-state index is -0.224. The Morgan fingerprint density at radius 3 is 2.78 bits per heavy atom. The van der Waals surface area contributed by atoms with E-state index in [1.54, 1.807) is 0 Å². The second-order valence-corrected chi connectivity index (χ2v) is 5.44. The maximum Gasteiger partial charge on any atom is 0.0906 e. The van der Waals surface area contributed by atoms with Crippen molar-refractivity contribution in [2.24, 2.45) is 0 Å². The molecule has 18 heavy (non-hydrogen) atoms. The monoisotopic (exact) mass is 250 g/mol. The fourth-order valence-corrected chi connectivity index (χ4v) is 2.68. The molecule has 1 aliphatic rings. The molecule has 0 spiro atoms. The Balaban J connectivity index is 2.10. The zero-order valence-corrected chi connectivity index (χ0v) is 11.3. The Morgan fingerprint density at radius 2 is 2.11 bits per heavy atom. The average molecular weight is 250 g/mol. The summed E-state index contributed by atoms with van der Waals surface area (Å²) in [7, 11) is 0. The first-order valence-electron chi connectivity index (χ1n) is 6.76. The number of nitrogens with one attached hydrogen (secondary N) is 1. The van der Waals surface area contributed by atoms with Crippen molar-refractivity contribution in [3.8, 4) is 0 Å². The molecule has 2 rings (SSSR count). The van der Waals surface area contributed by atoms with Gasteiger partial charge in [-0.2, -0.15) is 0 Å². The second-order valence-electron chi connectivity index (χ2n) is 5.44. The molecule has 0 radical (unpaired) electrons. The number of benzene rings is 1. The molecule has 1 fully saturated rings. The Labute approximate surface area is 109 Å². The van der Waals surface area contributed by atoms with E-state index in [4.69, 9.17) is 0 Å².